The molecule has 0 spiro atoms. The van der Waals surface area contributed by atoms with E-state index in [-0.39, 0.29) is 111 Å². The van der Waals surface area contributed by atoms with Crippen molar-refractivity contribution in [3.8, 4) is 46.0 Å². The molecule has 0 aliphatic carbocycles. The van der Waals surface area contributed by atoms with Crippen LogP contribution in [0.25, 0.3) is 43.1 Å². The highest BCUT2D eigenvalue weighted by Crippen LogP contribution is 2.59. The Morgan fingerprint density at radius 1 is 0.349 bits per heavy atom. The van der Waals surface area contributed by atoms with Crippen LogP contribution < -0.4 is 18.9 Å². The number of carbonyl (C=O) groups is 6. The summed E-state index contributed by atoms with van der Waals surface area (Å²) in [6.07, 6.45) is -15.2. The molecule has 30 heteroatoms. The molecule has 9 aromatic carbocycles. The smallest absolute Gasteiger partial charge is 0.462 e. The third kappa shape index (κ3) is 15.2. The van der Waals surface area contributed by atoms with Crippen LogP contribution in [0, 0.1) is 55.4 Å². The molecule has 0 saturated heterocycles. The third-order valence-corrected chi connectivity index (χ3v) is 23.4. The number of alkyl halides is 6. The zero-order valence-corrected chi connectivity index (χ0v) is 62.4. The van der Waals surface area contributed by atoms with Crippen molar-refractivity contribution < 1.29 is 120 Å². The highest BCUT2D eigenvalue weighted by atomic mass is 28.4. The fraction of sp³-hybridized carbons (Fsp3) is 0.342. The topological polar surface area (TPSA) is 238 Å². The first kappa shape index (κ1) is 77.5. The zero-order chi connectivity index (χ0) is 76.8. The zero-order valence-electron chi connectivity index (χ0n) is 60.4. The quantitative estimate of drug-likeness (QED) is 0.00773. The molecule has 0 radical (unpaired) electrons. The Morgan fingerprint density at radius 2 is 0.594 bits per heavy atom. The van der Waals surface area contributed by atoms with Gasteiger partial charge >= 0.3 is 41.9 Å². The second-order valence-electron chi connectivity index (χ2n) is 25.8. The lowest BCUT2D eigenvalue weighted by atomic mass is 9.80. The van der Waals surface area contributed by atoms with Crippen molar-refractivity contribution in [2.45, 2.75) is 92.7 Å². The molecule has 2 unspecified atom stereocenters. The fourth-order valence-electron chi connectivity index (χ4n) is 13.4. The minimum Gasteiger partial charge on any atom is -0.462 e. The van der Waals surface area contributed by atoms with Crippen LogP contribution in [-0.2, 0) is 55.1 Å². The van der Waals surface area contributed by atoms with Gasteiger partial charge in [-0.3, -0.25) is 29.0 Å². The first-order valence-corrected chi connectivity index (χ1v) is 37.2. The summed E-state index contributed by atoms with van der Waals surface area (Å²) >= 11 is 0. The van der Waals surface area contributed by atoms with E-state index in [2.05, 4.69) is 0 Å². The van der Waals surface area contributed by atoms with E-state index in [0.29, 0.717) is 22.3 Å². The fourth-order valence-corrected chi connectivity index (χ4v) is 15.9. The maximum Gasteiger partial charge on any atom is 0.527 e. The minimum atomic E-state index is -5.24. The number of imide groups is 2. The van der Waals surface area contributed by atoms with Crippen LogP contribution in [0.15, 0.2) is 97.1 Å². The molecule has 106 heavy (non-hydrogen) atoms. The number of amides is 4. The Bertz CT molecular complexity index is 4420. The Hall–Kier alpha value is -9.61. The van der Waals surface area contributed by atoms with Gasteiger partial charge in [0.15, 0.2) is 0 Å². The lowest BCUT2D eigenvalue weighted by Crippen LogP contribution is -2.53. The van der Waals surface area contributed by atoms with Crippen LogP contribution in [0.2, 0.25) is 0 Å². The van der Waals surface area contributed by atoms with Gasteiger partial charge in [-0.2, -0.15) is 26.3 Å². The summed E-state index contributed by atoms with van der Waals surface area (Å²) in [6.45, 7) is 11.9. The van der Waals surface area contributed by atoms with Crippen molar-refractivity contribution in [2.75, 3.05) is 81.5 Å². The summed E-state index contributed by atoms with van der Waals surface area (Å²) in [5.41, 5.74) is 3.26. The number of benzene rings is 9. The number of nitrogens with zero attached hydrogens (tertiary/aromatic N) is 2. The summed E-state index contributed by atoms with van der Waals surface area (Å²) < 4.78 is 174. The summed E-state index contributed by atoms with van der Waals surface area (Å²) in [5, 5.41) is -0.828. The van der Waals surface area contributed by atoms with Gasteiger partial charge in [0.05, 0.1) is 48.3 Å². The molecule has 0 bridgehead atoms. The van der Waals surface area contributed by atoms with Crippen LogP contribution in [-0.4, -0.2) is 169 Å². The Labute approximate surface area is 607 Å². The second-order valence-corrected chi connectivity index (χ2v) is 31.6. The van der Waals surface area contributed by atoms with Crippen molar-refractivity contribution >= 4 is 96.3 Å². The standard InChI is InChI=1S/C76H76F6N2O20Si2/c1-39-15-19-53(43(5)27-39)101-57-31-47-61-48(70(86)83(69(47)85)51(35-75(77,78)79)73(89)99-25-23-97-37-105(91-9,92-10)93-11)33-59(103-55-21-17-41(3)29-45(55)7)65-66-60(104-56-22-18-42(4)30-46(56)8)34-50-62-49(32-58(64(68(62)66)63(57)67(61)65)102-54-20-16-40(2)28-44(54)6)71(87)84(72(50)88)52(36-76(80,81)82)74(90)100-26-24-98-38-106(94-12,95-13)96-14/h15-22,27-34,51-52H,23-26,35-38H2,1-14H3. The number of esters is 2. The van der Waals surface area contributed by atoms with E-state index >= 15 is 45.5 Å². The van der Waals surface area contributed by atoms with Crippen LogP contribution in [0.1, 0.15) is 98.8 Å². The van der Waals surface area contributed by atoms with Gasteiger partial charge in [0.2, 0.25) is 0 Å². The highest BCUT2D eigenvalue weighted by Gasteiger charge is 2.51. The summed E-state index contributed by atoms with van der Waals surface area (Å²) in [4.78, 5) is 93.5. The van der Waals surface area contributed by atoms with Gasteiger partial charge in [0.1, 0.15) is 83.8 Å². The van der Waals surface area contributed by atoms with Crippen molar-refractivity contribution in [3.05, 3.63) is 164 Å². The third-order valence-electron chi connectivity index (χ3n) is 18.5. The second kappa shape index (κ2) is 30.7. The summed E-state index contributed by atoms with van der Waals surface area (Å²) in [6, 6.07) is 19.8. The first-order valence-electron chi connectivity index (χ1n) is 33.3. The minimum absolute atomic E-state index is 0.0539. The number of fused-ring (bicyclic) bond motifs is 2. The van der Waals surface area contributed by atoms with Crippen LogP contribution in [0.5, 0.6) is 46.0 Å². The van der Waals surface area contributed by atoms with Gasteiger partial charge in [-0.05, 0) is 126 Å². The predicted molar refractivity (Wildman–Crippen MR) is 379 cm³/mol. The lowest BCUT2D eigenvalue weighted by molar-refractivity contribution is -0.167. The molecule has 560 valence electrons. The lowest BCUT2D eigenvalue weighted by Gasteiger charge is -2.35. The van der Waals surface area contributed by atoms with Gasteiger partial charge in [-0.1, -0.05) is 70.8 Å². The molecule has 11 rings (SSSR count). The van der Waals surface area contributed by atoms with E-state index in [1.807, 2.05) is 27.7 Å². The number of halogens is 6. The molecule has 0 N–H and O–H groups in total. The molecule has 2 atom stereocenters. The van der Waals surface area contributed by atoms with Crippen molar-refractivity contribution in [3.63, 3.8) is 0 Å². The van der Waals surface area contributed by atoms with E-state index in [1.54, 1.807) is 100 Å². The first-order chi connectivity index (χ1) is 50.2. The van der Waals surface area contributed by atoms with Gasteiger partial charge in [0, 0.05) is 85.7 Å². The molecular formula is C76H76F6N2O20Si2. The summed E-state index contributed by atoms with van der Waals surface area (Å²) in [5.74, 6) is -9.48. The van der Waals surface area contributed by atoms with Gasteiger partial charge in [-0.25, -0.2) is 9.59 Å². The monoisotopic (exact) mass is 1510 g/mol. The number of rotatable bonds is 30. The van der Waals surface area contributed by atoms with Crippen molar-refractivity contribution in [2.24, 2.45) is 0 Å². The van der Waals surface area contributed by atoms with Crippen molar-refractivity contribution in [1.29, 1.82) is 0 Å². The number of hydrogen-bond acceptors (Lipinski definition) is 20. The Kier molecular flexibility index (Phi) is 22.4. The Balaban J connectivity index is 1.26. The van der Waals surface area contributed by atoms with Gasteiger partial charge in [0.25, 0.3) is 23.6 Å². The van der Waals surface area contributed by atoms with Crippen LogP contribution in [0.4, 0.5) is 26.3 Å². The van der Waals surface area contributed by atoms with Gasteiger partial charge in [-0.15, -0.1) is 0 Å². The van der Waals surface area contributed by atoms with Crippen LogP contribution in [0.3, 0.4) is 0 Å². The van der Waals surface area contributed by atoms with E-state index < -0.39 is 139 Å². The molecule has 4 amide bonds. The molecular weight excluding hydrogens is 1430 g/mol. The number of aryl methyl sites for hydroxylation is 8. The van der Waals surface area contributed by atoms with E-state index in [4.69, 9.17) is 64.5 Å². The predicted octanol–water partition coefficient (Wildman–Crippen LogP) is 15.2. The molecule has 2 aliphatic heterocycles. The average Bonchev–Trinajstić information content (AvgIpc) is 0.670. The molecule has 0 fully saturated rings. The average molecular weight is 1510 g/mol. The molecule has 2 aliphatic rings. The highest BCUT2D eigenvalue weighted by molar-refractivity contribution is 6.60. The number of carbonyl (C=O) groups excluding carboxylic acids is 6. The van der Waals surface area contributed by atoms with Crippen LogP contribution >= 0.6 is 0 Å². The van der Waals surface area contributed by atoms with E-state index in [9.17, 15) is 9.59 Å². The van der Waals surface area contributed by atoms with E-state index in [0.717, 1.165) is 22.3 Å². The van der Waals surface area contributed by atoms with Crippen molar-refractivity contribution in [1.82, 2.24) is 9.80 Å². The van der Waals surface area contributed by atoms with Gasteiger partial charge < -0.3 is 64.5 Å². The SMILES string of the molecule is CO[Si](COCCOC(=O)C(CC(F)(F)F)N1C(=O)c2cc(Oc3ccc(C)cc3C)c3c4c(Oc5ccc(C)cc5C)cc5c6c(cc(Oc7ccc(C)cc7C)c(c7c(Oc8ccc(C)cc8C)cc(c2c37)C1=O)c64)C(=O)N(C(CC(F)(F)F)C(=O)OCCOC[Si](OC)(OC)OC)C5=O)(OC)OC. The Morgan fingerprint density at radius 3 is 0.811 bits per heavy atom. The molecule has 0 saturated carbocycles. The molecule has 0 aromatic heterocycles. The maximum atomic E-state index is 16.0. The number of hydrogen-bond donors (Lipinski definition) is 0. The number of ether oxygens (including phenoxy) is 8. The van der Waals surface area contributed by atoms with E-state index in [1.165, 1.54) is 66.9 Å². The normalized spacial score (nSPS) is 14.1. The largest absolute Gasteiger partial charge is 0.527 e. The summed E-state index contributed by atoms with van der Waals surface area (Å²) in [7, 11) is 1.16. The molecule has 9 aromatic rings. The molecule has 22 nitrogen and oxygen atoms in total. The maximum absolute atomic E-state index is 16.0. The molecule has 2 heterocycles.